The zero-order valence-corrected chi connectivity index (χ0v) is 26.7. The molecule has 3 amide bonds. The molecule has 2 aliphatic rings. The molecule has 17 heteroatoms. The monoisotopic (exact) mass is 689 g/mol. The number of rotatable bonds is 12. The molecular weight excluding hydrogens is 654 g/mol. The highest BCUT2D eigenvalue weighted by atomic mass is 35.5. The number of amides is 3. The largest absolute Gasteiger partial charge is 0.478 e. The van der Waals surface area contributed by atoms with Gasteiger partial charge in [-0.05, 0) is 62.8 Å². The second-order valence-corrected chi connectivity index (χ2v) is 10.6. The fourth-order valence-electron chi connectivity index (χ4n) is 4.12. The lowest BCUT2D eigenvalue weighted by atomic mass is 10.2. The van der Waals surface area contributed by atoms with E-state index in [-0.39, 0.29) is 18.5 Å². The first kappa shape index (κ1) is 38.9. The second-order valence-electron chi connectivity index (χ2n) is 10.2. The van der Waals surface area contributed by atoms with E-state index in [1.165, 1.54) is 16.1 Å². The molecule has 0 bridgehead atoms. The number of benzene rings is 1. The molecule has 0 spiro atoms. The van der Waals surface area contributed by atoms with Gasteiger partial charge < -0.3 is 34.6 Å². The third-order valence-corrected chi connectivity index (χ3v) is 6.81. The van der Waals surface area contributed by atoms with E-state index in [0.29, 0.717) is 47.4 Å². The fraction of sp³-hybridized carbons (Fsp3) is 0.323. The van der Waals surface area contributed by atoms with Crippen LogP contribution in [0.3, 0.4) is 0 Å². The molecule has 0 radical (unpaired) electrons. The number of carbonyl (C=O) groups excluding carboxylic acids is 2. The predicted octanol–water partition coefficient (Wildman–Crippen LogP) is 2.65. The maximum Gasteiger partial charge on any atom is 0.347 e. The van der Waals surface area contributed by atoms with Crippen LogP contribution in [0.2, 0.25) is 5.02 Å². The predicted molar refractivity (Wildman–Crippen MR) is 173 cm³/mol. The van der Waals surface area contributed by atoms with Crippen molar-refractivity contribution in [1.82, 2.24) is 19.7 Å². The number of hydrogen-bond donors (Lipinski definition) is 4. The number of furan rings is 1. The molecule has 2 saturated heterocycles. The summed E-state index contributed by atoms with van der Waals surface area (Å²) in [5.74, 6) is -4.07. The average molecular weight is 690 g/mol. The number of carboxylic acid groups (broad SMARTS) is 4. The van der Waals surface area contributed by atoms with Crippen molar-refractivity contribution in [1.29, 1.82) is 0 Å². The number of hydrazone groups is 1. The number of carboxylic acids is 4. The molecule has 0 aliphatic carbocycles. The average Bonchev–Trinajstić information content (AvgIpc) is 3.61. The molecule has 48 heavy (non-hydrogen) atoms. The second kappa shape index (κ2) is 20.0. The number of halogens is 1. The summed E-state index contributed by atoms with van der Waals surface area (Å²) < 4.78 is 5.77. The number of urea groups is 1. The molecule has 1 aromatic carbocycles. The first-order valence-electron chi connectivity index (χ1n) is 14.5. The Morgan fingerprint density at radius 1 is 0.792 bits per heavy atom. The maximum atomic E-state index is 12.6. The number of unbranched alkanes of at least 4 members (excludes halogenated alkanes) is 1. The molecule has 0 atom stereocenters. The van der Waals surface area contributed by atoms with Crippen LogP contribution in [0.5, 0.6) is 0 Å². The van der Waals surface area contributed by atoms with Crippen LogP contribution >= 0.6 is 11.6 Å². The normalized spacial score (nSPS) is 15.5. The van der Waals surface area contributed by atoms with E-state index in [1.54, 1.807) is 18.2 Å². The number of aliphatic carboxylic acids is 4. The smallest absolute Gasteiger partial charge is 0.347 e. The van der Waals surface area contributed by atoms with Crippen LogP contribution in [0.4, 0.5) is 4.79 Å². The van der Waals surface area contributed by atoms with Crippen LogP contribution in [0.1, 0.15) is 18.6 Å². The van der Waals surface area contributed by atoms with Gasteiger partial charge >= 0.3 is 29.9 Å². The highest BCUT2D eigenvalue weighted by Gasteiger charge is 2.35. The summed E-state index contributed by atoms with van der Waals surface area (Å²) in [5, 5.41) is 37.3. The van der Waals surface area contributed by atoms with E-state index in [0.717, 1.165) is 51.1 Å². The van der Waals surface area contributed by atoms with Crippen molar-refractivity contribution in [2.45, 2.75) is 12.8 Å². The highest BCUT2D eigenvalue weighted by molar-refractivity contribution is 6.30. The summed E-state index contributed by atoms with van der Waals surface area (Å²) in [5.41, 5.74) is 0.893. The van der Waals surface area contributed by atoms with Gasteiger partial charge in [0.2, 0.25) is 0 Å². The number of carbonyl (C=O) groups is 6. The first-order valence-corrected chi connectivity index (χ1v) is 14.8. The first-order chi connectivity index (χ1) is 22.7. The summed E-state index contributed by atoms with van der Waals surface area (Å²) in [6.07, 6.45) is 5.45. The number of nitrogens with zero attached hydrogens (tertiary/aromatic N) is 5. The van der Waals surface area contributed by atoms with Crippen LogP contribution in [0.25, 0.3) is 11.3 Å². The summed E-state index contributed by atoms with van der Waals surface area (Å²) >= 11 is 5.92. The molecule has 4 N–H and O–H groups in total. The van der Waals surface area contributed by atoms with Crippen LogP contribution in [-0.2, 0) is 24.0 Å². The molecule has 3 heterocycles. The highest BCUT2D eigenvalue weighted by Crippen LogP contribution is 2.23. The summed E-state index contributed by atoms with van der Waals surface area (Å²) in [4.78, 5) is 69.2. The van der Waals surface area contributed by atoms with E-state index in [1.807, 2.05) is 18.2 Å². The molecule has 258 valence electrons. The van der Waals surface area contributed by atoms with Gasteiger partial charge in [-0.3, -0.25) is 9.69 Å². The summed E-state index contributed by atoms with van der Waals surface area (Å²) in [6.45, 7) is 5.72. The molecular formula is C31H36ClN5O11. The van der Waals surface area contributed by atoms with Crippen molar-refractivity contribution >= 4 is 53.6 Å². The van der Waals surface area contributed by atoms with Crippen molar-refractivity contribution in [2.24, 2.45) is 5.10 Å². The quantitative estimate of drug-likeness (QED) is 0.109. The minimum absolute atomic E-state index is 0.0431. The lowest BCUT2D eigenvalue weighted by Crippen LogP contribution is -2.44. The van der Waals surface area contributed by atoms with Crippen molar-refractivity contribution in [2.75, 3.05) is 52.9 Å². The molecule has 2 aromatic rings. The molecule has 0 saturated carbocycles. The lowest BCUT2D eigenvalue weighted by Gasteiger charge is -2.32. The Kier molecular flexibility index (Phi) is 16.2. The molecule has 1 aromatic heterocycles. The zero-order valence-electron chi connectivity index (χ0n) is 26.0. The Bertz CT molecular complexity index is 1450. The van der Waals surface area contributed by atoms with Gasteiger partial charge in [0.05, 0.1) is 6.21 Å². The minimum atomic E-state index is -1.26. The number of imide groups is 1. The lowest BCUT2D eigenvalue weighted by molar-refractivity contribution is -0.134. The molecule has 0 unspecified atom stereocenters. The molecule has 16 nitrogen and oxygen atoms in total. The minimum Gasteiger partial charge on any atom is -0.478 e. The third kappa shape index (κ3) is 14.8. The van der Waals surface area contributed by atoms with Gasteiger partial charge in [0.1, 0.15) is 18.1 Å². The van der Waals surface area contributed by atoms with Crippen molar-refractivity contribution in [3.63, 3.8) is 0 Å². The van der Waals surface area contributed by atoms with E-state index in [2.05, 4.69) is 21.9 Å². The van der Waals surface area contributed by atoms with Gasteiger partial charge in [0.25, 0.3) is 5.91 Å². The van der Waals surface area contributed by atoms with Crippen molar-refractivity contribution in [3.05, 3.63) is 71.5 Å². The zero-order chi connectivity index (χ0) is 35.6. The number of hydrogen-bond acceptors (Lipinski definition) is 10. The van der Waals surface area contributed by atoms with Gasteiger partial charge in [-0.2, -0.15) is 5.10 Å². The van der Waals surface area contributed by atoms with E-state index in [9.17, 15) is 28.8 Å². The van der Waals surface area contributed by atoms with Crippen LogP contribution < -0.4 is 0 Å². The van der Waals surface area contributed by atoms with E-state index in [4.69, 9.17) is 36.4 Å². The van der Waals surface area contributed by atoms with Crippen LogP contribution in [0.15, 0.2) is 70.2 Å². The van der Waals surface area contributed by atoms with Crippen LogP contribution in [0, 0.1) is 0 Å². The maximum absolute atomic E-state index is 12.6. The van der Waals surface area contributed by atoms with Gasteiger partial charge in [-0.1, -0.05) is 11.6 Å². The Morgan fingerprint density at radius 3 is 1.83 bits per heavy atom. The van der Waals surface area contributed by atoms with Gasteiger partial charge in [0.15, 0.2) is 0 Å². The summed E-state index contributed by atoms with van der Waals surface area (Å²) in [6, 6.07) is 10.5. The molecule has 4 rings (SSSR count). The van der Waals surface area contributed by atoms with Crippen molar-refractivity contribution in [3.8, 4) is 11.3 Å². The van der Waals surface area contributed by atoms with Crippen LogP contribution in [-0.4, -0.2) is 135 Å². The Labute approximate surface area is 280 Å². The summed E-state index contributed by atoms with van der Waals surface area (Å²) in [7, 11) is 2.14. The van der Waals surface area contributed by atoms with Gasteiger partial charge in [-0.25, -0.2) is 29.0 Å². The Balaban J connectivity index is 0.000000414. The van der Waals surface area contributed by atoms with E-state index < -0.39 is 23.9 Å². The van der Waals surface area contributed by atoms with Gasteiger partial charge in [-0.15, -0.1) is 0 Å². The van der Waals surface area contributed by atoms with Crippen molar-refractivity contribution < 1.29 is 53.6 Å². The number of piperazine rings is 1. The molecule has 2 fully saturated rings. The molecule has 2 aliphatic heterocycles. The third-order valence-electron chi connectivity index (χ3n) is 6.56. The SMILES string of the molecule is CN1CCN(CCCCN2C(=O)CN(N=Cc3ccc(-c4ccc(Cl)cc4)o3)C2=O)CC1.O=C(O)/C=C\C(=O)O.O=C(O)/C=C\C(=O)O. The Hall–Kier alpha value is -5.32. The topological polar surface area (TPSA) is 222 Å². The van der Waals surface area contributed by atoms with Gasteiger partial charge in [0, 0.05) is 67.6 Å². The standard InChI is InChI=1S/C23H28ClN5O3.2C4H4O4/c1-26-12-14-27(15-13-26)10-2-3-11-28-22(30)17-29(23(28)31)25-16-20-8-9-21(32-20)18-4-6-19(24)7-5-18;2*5-3(6)1-2-4(7)8/h4-9,16H,2-3,10-15,17H2,1H3;2*1-2H,(H,5,6)(H,7,8)/b;2*2-1-. The van der Waals surface area contributed by atoms with E-state index >= 15 is 0 Å². The fourth-order valence-corrected chi connectivity index (χ4v) is 4.24. The number of likely N-dealkylation sites (N-methyl/N-ethyl adjacent to an activating group) is 1. The Morgan fingerprint density at radius 2 is 1.31 bits per heavy atom.